The number of unbranched alkanes of at least 4 members (excludes halogenated alkanes) is 1. The van der Waals surface area contributed by atoms with Gasteiger partial charge in [-0.25, -0.2) is 12.7 Å². The lowest BCUT2D eigenvalue weighted by molar-refractivity contribution is -0.383. The van der Waals surface area contributed by atoms with Crippen LogP contribution in [-0.2, 0) is 10.0 Å². The molecule has 9 heteroatoms. The maximum absolute atomic E-state index is 12.2. The molecule has 1 rings (SSSR count). The lowest BCUT2D eigenvalue weighted by Crippen LogP contribution is -2.27. The minimum Gasteiger partial charge on any atom is -0.374 e. The van der Waals surface area contributed by atoms with Crippen LogP contribution < -0.4 is 5.32 Å². The Morgan fingerprint density at radius 2 is 2.16 bits per heavy atom. The maximum Gasteiger partial charge on any atom is 0.304 e. The summed E-state index contributed by atoms with van der Waals surface area (Å²) in [6.07, 6.45) is 1.63. The molecule has 19 heavy (non-hydrogen) atoms. The summed E-state index contributed by atoms with van der Waals surface area (Å²) in [5, 5.41) is 13.7. The van der Waals surface area contributed by atoms with Gasteiger partial charge in [-0.05, 0) is 6.42 Å². The monoisotopic (exact) mass is 307 g/mol. The molecule has 0 aliphatic rings. The second-order valence-corrected chi connectivity index (χ2v) is 7.29. The third-order valence-corrected chi connectivity index (χ3v) is 6.05. The van der Waals surface area contributed by atoms with E-state index in [1.54, 1.807) is 0 Å². The van der Waals surface area contributed by atoms with Crippen molar-refractivity contribution in [1.82, 2.24) is 4.31 Å². The van der Waals surface area contributed by atoms with Crippen molar-refractivity contribution < 1.29 is 13.3 Å². The van der Waals surface area contributed by atoms with Crippen LogP contribution in [0.25, 0.3) is 0 Å². The minimum absolute atomic E-state index is 0.0119. The van der Waals surface area contributed by atoms with Crippen LogP contribution in [-0.4, -0.2) is 38.3 Å². The van der Waals surface area contributed by atoms with Crippen molar-refractivity contribution in [1.29, 1.82) is 0 Å². The molecule has 0 spiro atoms. The molecule has 0 saturated heterocycles. The minimum atomic E-state index is -3.65. The predicted octanol–water partition coefficient (Wildman–Crippen LogP) is 2.12. The SMILES string of the molecule is CCCCN(C)S(=O)(=O)c1cc([N+](=O)[O-])c(NC)s1. The Bertz CT molecular complexity index is 553. The summed E-state index contributed by atoms with van der Waals surface area (Å²) in [4.78, 5) is 10.2. The molecule has 1 heterocycles. The van der Waals surface area contributed by atoms with Crippen molar-refractivity contribution in [2.24, 2.45) is 0 Å². The first-order valence-corrected chi connectivity index (χ1v) is 8.02. The number of nitrogens with one attached hydrogen (secondary N) is 1. The highest BCUT2D eigenvalue weighted by molar-refractivity contribution is 7.91. The first-order valence-electron chi connectivity index (χ1n) is 5.76. The van der Waals surface area contributed by atoms with E-state index in [1.165, 1.54) is 18.4 Å². The molecule has 0 aliphatic heterocycles. The van der Waals surface area contributed by atoms with Crippen LogP contribution in [0.5, 0.6) is 0 Å². The number of anilines is 1. The van der Waals surface area contributed by atoms with Crippen LogP contribution in [0.4, 0.5) is 10.7 Å². The van der Waals surface area contributed by atoms with Gasteiger partial charge in [-0.15, -0.1) is 0 Å². The highest BCUT2D eigenvalue weighted by Crippen LogP contribution is 2.37. The van der Waals surface area contributed by atoms with Crippen LogP contribution in [0.3, 0.4) is 0 Å². The van der Waals surface area contributed by atoms with E-state index in [4.69, 9.17) is 0 Å². The van der Waals surface area contributed by atoms with Crippen LogP contribution in [0.1, 0.15) is 19.8 Å². The normalized spacial score (nSPS) is 11.8. The summed E-state index contributed by atoms with van der Waals surface area (Å²) in [5.41, 5.74) is -0.213. The van der Waals surface area contributed by atoms with E-state index in [9.17, 15) is 18.5 Å². The first kappa shape index (κ1) is 15.9. The highest BCUT2D eigenvalue weighted by Gasteiger charge is 2.28. The summed E-state index contributed by atoms with van der Waals surface area (Å²) in [7, 11) is -0.644. The van der Waals surface area contributed by atoms with E-state index in [1.807, 2.05) is 6.92 Å². The molecule has 0 aromatic carbocycles. The summed E-state index contributed by atoms with van der Waals surface area (Å²) >= 11 is 0.874. The molecule has 0 saturated carbocycles. The quantitative estimate of drug-likeness (QED) is 0.615. The number of sulfonamides is 1. The van der Waals surface area contributed by atoms with Crippen molar-refractivity contribution in [3.8, 4) is 0 Å². The number of thiophene rings is 1. The maximum atomic E-state index is 12.2. The summed E-state index contributed by atoms with van der Waals surface area (Å²) in [6, 6.07) is 1.11. The number of hydrogen-bond donors (Lipinski definition) is 1. The number of nitro groups is 1. The van der Waals surface area contributed by atoms with Crippen molar-refractivity contribution in [3.05, 3.63) is 16.2 Å². The zero-order valence-electron chi connectivity index (χ0n) is 11.0. The van der Waals surface area contributed by atoms with E-state index < -0.39 is 14.9 Å². The van der Waals surface area contributed by atoms with Crippen LogP contribution in [0.15, 0.2) is 10.3 Å². The molecule has 0 unspecified atom stereocenters. The average Bonchev–Trinajstić information content (AvgIpc) is 2.80. The molecular formula is C10H17N3O4S2. The lowest BCUT2D eigenvalue weighted by Gasteiger charge is -2.14. The molecule has 0 fully saturated rings. The number of hydrogen-bond acceptors (Lipinski definition) is 6. The Morgan fingerprint density at radius 3 is 2.58 bits per heavy atom. The van der Waals surface area contributed by atoms with E-state index in [0.717, 1.165) is 30.2 Å². The number of rotatable bonds is 7. The van der Waals surface area contributed by atoms with Gasteiger partial charge in [0.15, 0.2) is 5.00 Å². The lowest BCUT2D eigenvalue weighted by atomic mass is 10.3. The van der Waals surface area contributed by atoms with Gasteiger partial charge < -0.3 is 5.32 Å². The topological polar surface area (TPSA) is 92.5 Å². The smallest absolute Gasteiger partial charge is 0.304 e. The van der Waals surface area contributed by atoms with Gasteiger partial charge in [0.25, 0.3) is 10.0 Å². The van der Waals surface area contributed by atoms with Gasteiger partial charge in [-0.1, -0.05) is 24.7 Å². The zero-order valence-corrected chi connectivity index (χ0v) is 12.7. The largest absolute Gasteiger partial charge is 0.374 e. The van der Waals surface area contributed by atoms with Gasteiger partial charge in [-0.3, -0.25) is 10.1 Å². The Hall–Kier alpha value is -1.19. The van der Waals surface area contributed by atoms with Crippen molar-refractivity contribution >= 4 is 32.0 Å². The van der Waals surface area contributed by atoms with Crippen LogP contribution in [0.2, 0.25) is 0 Å². The second-order valence-electron chi connectivity index (χ2n) is 3.97. The Balaban J connectivity index is 3.11. The standard InChI is InChI=1S/C10H17N3O4S2/c1-4-5-6-12(3)19(16,17)9-7-8(13(14)15)10(11-2)18-9/h7,11H,4-6H2,1-3H3. The molecule has 0 amide bonds. The highest BCUT2D eigenvalue weighted by atomic mass is 32.2. The van der Waals surface area contributed by atoms with Gasteiger partial charge in [0.05, 0.1) is 4.92 Å². The van der Waals surface area contributed by atoms with Crippen molar-refractivity contribution in [3.63, 3.8) is 0 Å². The Morgan fingerprint density at radius 1 is 1.53 bits per heavy atom. The number of nitrogens with zero attached hydrogens (tertiary/aromatic N) is 2. The zero-order chi connectivity index (χ0) is 14.6. The fourth-order valence-electron chi connectivity index (χ4n) is 1.46. The molecule has 0 atom stereocenters. The summed E-state index contributed by atoms with van der Waals surface area (Å²) in [6.45, 7) is 2.37. The Labute approximate surface area is 116 Å². The fourth-order valence-corrected chi connectivity index (χ4v) is 4.16. The molecule has 108 valence electrons. The molecule has 0 aliphatic carbocycles. The summed E-state index contributed by atoms with van der Waals surface area (Å²) in [5.74, 6) is 0. The molecule has 1 aromatic rings. The average molecular weight is 307 g/mol. The van der Waals surface area contributed by atoms with Crippen LogP contribution in [0, 0.1) is 10.1 Å². The van der Waals surface area contributed by atoms with E-state index in [-0.39, 0.29) is 14.9 Å². The summed E-state index contributed by atoms with van der Waals surface area (Å²) < 4.78 is 25.7. The second kappa shape index (κ2) is 6.31. The van der Waals surface area contributed by atoms with Crippen molar-refractivity contribution in [2.75, 3.05) is 26.0 Å². The Kier molecular flexibility index (Phi) is 5.27. The van der Waals surface area contributed by atoms with Gasteiger partial charge in [-0.2, -0.15) is 0 Å². The predicted molar refractivity (Wildman–Crippen MR) is 75.2 cm³/mol. The van der Waals surface area contributed by atoms with E-state index >= 15 is 0 Å². The van der Waals surface area contributed by atoms with Gasteiger partial charge in [0.2, 0.25) is 0 Å². The van der Waals surface area contributed by atoms with Crippen molar-refractivity contribution in [2.45, 2.75) is 24.0 Å². The van der Waals surface area contributed by atoms with E-state index in [0.29, 0.717) is 6.54 Å². The van der Waals surface area contributed by atoms with E-state index in [2.05, 4.69) is 5.32 Å². The fraction of sp³-hybridized carbons (Fsp3) is 0.600. The molecule has 1 N–H and O–H groups in total. The van der Waals surface area contributed by atoms with Gasteiger partial charge in [0, 0.05) is 26.7 Å². The molecular weight excluding hydrogens is 290 g/mol. The van der Waals surface area contributed by atoms with Gasteiger partial charge >= 0.3 is 5.69 Å². The molecule has 7 nitrogen and oxygen atoms in total. The molecule has 1 aromatic heterocycles. The van der Waals surface area contributed by atoms with Crippen LogP contribution >= 0.6 is 11.3 Å². The third-order valence-electron chi connectivity index (χ3n) is 2.60. The van der Waals surface area contributed by atoms with Gasteiger partial charge in [0.1, 0.15) is 4.21 Å². The first-order chi connectivity index (χ1) is 8.84. The third kappa shape index (κ3) is 3.43. The molecule has 0 radical (unpaired) electrons. The molecule has 0 bridgehead atoms.